The Hall–Kier alpha value is -3.62. The molecule has 4 rings (SSSR count). The largest absolute Gasteiger partial charge is 0.465 e. The quantitative estimate of drug-likeness (QED) is 0.484. The zero-order chi connectivity index (χ0) is 22.3. The highest BCUT2D eigenvalue weighted by molar-refractivity contribution is 6.05. The molecular formula is C22H26N6O3. The number of imidazole rings is 1. The normalized spacial score (nSPS) is 15.2. The summed E-state index contributed by atoms with van der Waals surface area (Å²) in [4.78, 5) is 32.0. The van der Waals surface area contributed by atoms with Crippen LogP contribution < -0.4 is 10.2 Å². The molecule has 1 atom stereocenters. The van der Waals surface area contributed by atoms with Crippen molar-refractivity contribution in [2.45, 2.75) is 32.9 Å². The first-order valence-electron chi connectivity index (χ1n) is 10.2. The van der Waals surface area contributed by atoms with Crippen LogP contribution in [-0.4, -0.2) is 51.9 Å². The van der Waals surface area contributed by atoms with Gasteiger partial charge in [-0.25, -0.2) is 9.78 Å². The lowest BCUT2D eigenvalue weighted by molar-refractivity contribution is 0.0600. The summed E-state index contributed by atoms with van der Waals surface area (Å²) >= 11 is 0. The number of hydrogen-bond acceptors (Lipinski definition) is 6. The van der Waals surface area contributed by atoms with E-state index in [0.29, 0.717) is 42.2 Å². The Morgan fingerprint density at radius 2 is 2.13 bits per heavy atom. The Kier molecular flexibility index (Phi) is 5.26. The summed E-state index contributed by atoms with van der Waals surface area (Å²) in [6.45, 7) is 8.95. The molecule has 0 aliphatic carbocycles. The van der Waals surface area contributed by atoms with Crippen LogP contribution in [0.4, 0.5) is 11.6 Å². The first-order chi connectivity index (χ1) is 14.9. The lowest BCUT2D eigenvalue weighted by Gasteiger charge is -2.33. The predicted molar refractivity (Wildman–Crippen MR) is 119 cm³/mol. The average molecular weight is 422 g/mol. The molecule has 1 N–H and O–H groups in total. The number of carbonyl (C=O) groups excluding carboxylic acids is 2. The van der Waals surface area contributed by atoms with Crippen molar-refractivity contribution in [2.75, 3.05) is 30.9 Å². The van der Waals surface area contributed by atoms with Gasteiger partial charge in [-0.1, -0.05) is 6.08 Å². The van der Waals surface area contributed by atoms with E-state index in [9.17, 15) is 9.59 Å². The van der Waals surface area contributed by atoms with Gasteiger partial charge in [0, 0.05) is 20.1 Å². The number of hydrogen-bond donors (Lipinski definition) is 1. The van der Waals surface area contributed by atoms with Crippen LogP contribution >= 0.6 is 0 Å². The zero-order valence-electron chi connectivity index (χ0n) is 18.2. The van der Waals surface area contributed by atoms with Crippen LogP contribution in [0, 0.1) is 6.92 Å². The zero-order valence-corrected chi connectivity index (χ0v) is 18.2. The molecule has 1 amide bonds. The molecule has 9 heteroatoms. The standard InChI is InChI=1S/C22H26N6O3/c1-6-8-15-12-26(4)17-11-14(21(30)31-5)10-16-19(17)28(15)22(23-16)24-20(29)18-9-13(3)25-27(18)7-2/h6,9-11,15H,1,7-8,12H2,2-5H3,(H,23,24,29). The molecule has 9 nitrogen and oxygen atoms in total. The van der Waals surface area contributed by atoms with E-state index in [4.69, 9.17) is 4.74 Å². The molecule has 31 heavy (non-hydrogen) atoms. The summed E-state index contributed by atoms with van der Waals surface area (Å²) in [5, 5.41) is 7.32. The van der Waals surface area contributed by atoms with Gasteiger partial charge >= 0.3 is 5.97 Å². The number of anilines is 2. The van der Waals surface area contributed by atoms with Gasteiger partial charge in [-0.2, -0.15) is 5.10 Å². The number of aryl methyl sites for hydroxylation is 2. The number of methoxy groups -OCH3 is 1. The third kappa shape index (κ3) is 3.45. The smallest absolute Gasteiger partial charge is 0.338 e. The van der Waals surface area contributed by atoms with Gasteiger partial charge in [-0.15, -0.1) is 6.58 Å². The summed E-state index contributed by atoms with van der Waals surface area (Å²) in [5.74, 6) is -0.271. The highest BCUT2D eigenvalue weighted by Gasteiger charge is 2.30. The topological polar surface area (TPSA) is 94.3 Å². The predicted octanol–water partition coefficient (Wildman–Crippen LogP) is 3.17. The van der Waals surface area contributed by atoms with Crippen LogP contribution in [0.3, 0.4) is 0 Å². The Balaban J connectivity index is 1.85. The SMILES string of the molecule is C=CCC1CN(C)c2cc(C(=O)OC)cc3nc(NC(=O)c4cc(C)nn4CC)n1c23. The van der Waals surface area contributed by atoms with Gasteiger partial charge in [-0.05, 0) is 38.5 Å². The van der Waals surface area contributed by atoms with Crippen LogP contribution in [0.15, 0.2) is 30.9 Å². The molecule has 0 saturated carbocycles. The number of nitrogens with zero attached hydrogens (tertiary/aromatic N) is 5. The third-order valence-corrected chi connectivity index (χ3v) is 5.55. The number of allylic oxidation sites excluding steroid dienone is 1. The molecule has 1 aliphatic heterocycles. The third-order valence-electron chi connectivity index (χ3n) is 5.55. The minimum absolute atomic E-state index is 0.0390. The molecule has 0 saturated heterocycles. The first kappa shape index (κ1) is 20.6. The highest BCUT2D eigenvalue weighted by atomic mass is 16.5. The fraction of sp³-hybridized carbons (Fsp3) is 0.364. The van der Waals surface area contributed by atoms with Gasteiger partial charge in [0.1, 0.15) is 5.69 Å². The molecular weight excluding hydrogens is 396 g/mol. The molecule has 0 bridgehead atoms. The number of benzene rings is 1. The second-order valence-corrected chi connectivity index (χ2v) is 7.66. The fourth-order valence-electron chi connectivity index (χ4n) is 4.18. The van der Waals surface area contributed by atoms with Crippen molar-refractivity contribution >= 4 is 34.5 Å². The summed E-state index contributed by atoms with van der Waals surface area (Å²) in [6.07, 6.45) is 2.57. The Bertz CT molecular complexity index is 1190. The molecule has 0 fully saturated rings. The monoisotopic (exact) mass is 422 g/mol. The molecule has 0 spiro atoms. The molecule has 1 aromatic carbocycles. The van der Waals surface area contributed by atoms with Crippen molar-refractivity contribution in [1.82, 2.24) is 19.3 Å². The van der Waals surface area contributed by atoms with Crippen molar-refractivity contribution in [3.63, 3.8) is 0 Å². The van der Waals surface area contributed by atoms with E-state index in [2.05, 4.69) is 26.9 Å². The molecule has 1 unspecified atom stereocenters. The lowest BCUT2D eigenvalue weighted by Crippen LogP contribution is -2.33. The second kappa shape index (κ2) is 7.90. The Morgan fingerprint density at radius 3 is 2.81 bits per heavy atom. The minimum Gasteiger partial charge on any atom is -0.465 e. The van der Waals surface area contributed by atoms with E-state index in [1.807, 2.05) is 31.5 Å². The van der Waals surface area contributed by atoms with Crippen molar-refractivity contribution < 1.29 is 14.3 Å². The van der Waals surface area contributed by atoms with E-state index >= 15 is 0 Å². The fourth-order valence-corrected chi connectivity index (χ4v) is 4.18. The number of carbonyl (C=O) groups is 2. The Morgan fingerprint density at radius 1 is 1.35 bits per heavy atom. The van der Waals surface area contributed by atoms with Crippen LogP contribution in [-0.2, 0) is 11.3 Å². The Labute approximate surface area is 180 Å². The number of amides is 1. The van der Waals surface area contributed by atoms with Gasteiger partial charge in [0.05, 0.1) is 41.1 Å². The minimum atomic E-state index is -0.428. The van der Waals surface area contributed by atoms with Crippen LogP contribution in [0.2, 0.25) is 0 Å². The number of ether oxygens (including phenoxy) is 1. The van der Waals surface area contributed by atoms with E-state index in [0.717, 1.165) is 16.9 Å². The van der Waals surface area contributed by atoms with E-state index < -0.39 is 5.97 Å². The lowest BCUT2D eigenvalue weighted by atomic mass is 10.1. The first-order valence-corrected chi connectivity index (χ1v) is 10.2. The summed E-state index contributed by atoms with van der Waals surface area (Å²) in [5.41, 5.74) is 4.01. The molecule has 162 valence electrons. The summed E-state index contributed by atoms with van der Waals surface area (Å²) in [7, 11) is 3.33. The van der Waals surface area contributed by atoms with Crippen LogP contribution in [0.1, 0.15) is 45.9 Å². The maximum absolute atomic E-state index is 13.1. The molecule has 1 aliphatic rings. The van der Waals surface area contributed by atoms with Crippen LogP contribution in [0.5, 0.6) is 0 Å². The van der Waals surface area contributed by atoms with E-state index in [1.165, 1.54) is 7.11 Å². The van der Waals surface area contributed by atoms with E-state index in [1.54, 1.807) is 22.9 Å². The van der Waals surface area contributed by atoms with E-state index in [-0.39, 0.29) is 11.9 Å². The van der Waals surface area contributed by atoms with Crippen molar-refractivity contribution in [2.24, 2.45) is 0 Å². The molecule has 3 aromatic rings. The number of rotatable bonds is 6. The number of nitrogens with one attached hydrogen (secondary N) is 1. The van der Waals surface area contributed by atoms with Gasteiger partial charge < -0.3 is 14.2 Å². The summed E-state index contributed by atoms with van der Waals surface area (Å²) in [6, 6.07) is 5.30. The van der Waals surface area contributed by atoms with Gasteiger partial charge in [-0.3, -0.25) is 14.8 Å². The molecule has 0 radical (unpaired) electrons. The maximum atomic E-state index is 13.1. The summed E-state index contributed by atoms with van der Waals surface area (Å²) < 4.78 is 8.60. The van der Waals surface area contributed by atoms with Gasteiger partial charge in [0.2, 0.25) is 5.95 Å². The van der Waals surface area contributed by atoms with Gasteiger partial charge in [0.25, 0.3) is 5.91 Å². The molecule has 2 aromatic heterocycles. The average Bonchev–Trinajstić information content (AvgIpc) is 3.31. The van der Waals surface area contributed by atoms with Crippen molar-refractivity contribution in [1.29, 1.82) is 0 Å². The van der Waals surface area contributed by atoms with Crippen molar-refractivity contribution in [3.05, 3.63) is 47.8 Å². The highest BCUT2D eigenvalue weighted by Crippen LogP contribution is 2.39. The van der Waals surface area contributed by atoms with Crippen LogP contribution in [0.25, 0.3) is 11.0 Å². The number of likely N-dealkylation sites (N-methyl/N-ethyl adjacent to an activating group) is 1. The van der Waals surface area contributed by atoms with Gasteiger partial charge in [0.15, 0.2) is 0 Å². The second-order valence-electron chi connectivity index (χ2n) is 7.66. The number of esters is 1. The maximum Gasteiger partial charge on any atom is 0.338 e. The molecule has 3 heterocycles. The number of aromatic nitrogens is 4. The van der Waals surface area contributed by atoms with Crippen molar-refractivity contribution in [3.8, 4) is 0 Å².